The highest BCUT2D eigenvalue weighted by molar-refractivity contribution is 5.73. The van der Waals surface area contributed by atoms with E-state index in [0.717, 1.165) is 16.7 Å². The lowest BCUT2D eigenvalue weighted by molar-refractivity contribution is 0.115. The van der Waals surface area contributed by atoms with Crippen molar-refractivity contribution in [2.24, 2.45) is 0 Å². The van der Waals surface area contributed by atoms with Crippen molar-refractivity contribution < 1.29 is 23.9 Å². The summed E-state index contributed by atoms with van der Waals surface area (Å²) >= 11 is 0. The Morgan fingerprint density at radius 2 is 1.34 bits per heavy atom. The number of rotatable bonds is 10. The Morgan fingerprint density at radius 1 is 0.750 bits per heavy atom. The highest BCUT2D eigenvalue weighted by Crippen LogP contribution is 2.05. The molecule has 0 radical (unpaired) electrons. The maximum absolute atomic E-state index is 11.8. The van der Waals surface area contributed by atoms with Crippen LogP contribution in [0.3, 0.4) is 0 Å². The van der Waals surface area contributed by atoms with Crippen molar-refractivity contribution in [1.82, 2.24) is 21.3 Å². The van der Waals surface area contributed by atoms with Crippen molar-refractivity contribution in [1.29, 1.82) is 0 Å². The molecule has 0 aliphatic heterocycles. The molecule has 172 valence electrons. The standard InChI is InChI=1S/C23H30N4O5/c1-17(2)32-23(30)27-16-20-10-6-9-19(13-20)15-26-22(29)31-12-11-24-21(28)25-14-18-7-4-3-5-8-18/h3-10,13,17H,11-12,14-16H2,1-2H3,(H,26,29)(H,27,30)(H2,24,25,28). The summed E-state index contributed by atoms with van der Waals surface area (Å²) in [6.07, 6.45) is -1.24. The van der Waals surface area contributed by atoms with Gasteiger partial charge in [-0.3, -0.25) is 0 Å². The third-order valence-corrected chi connectivity index (χ3v) is 4.12. The Hall–Kier alpha value is -3.75. The first-order valence-corrected chi connectivity index (χ1v) is 10.4. The van der Waals surface area contributed by atoms with Gasteiger partial charge >= 0.3 is 18.2 Å². The number of benzene rings is 2. The minimum atomic E-state index is -0.583. The second-order valence-corrected chi connectivity index (χ2v) is 7.21. The van der Waals surface area contributed by atoms with E-state index in [4.69, 9.17) is 9.47 Å². The van der Waals surface area contributed by atoms with E-state index >= 15 is 0 Å². The molecule has 9 heteroatoms. The van der Waals surface area contributed by atoms with Crippen LogP contribution in [0.15, 0.2) is 54.6 Å². The summed E-state index contributed by atoms with van der Waals surface area (Å²) in [5, 5.41) is 10.7. The minimum absolute atomic E-state index is 0.0481. The number of hydrogen-bond donors (Lipinski definition) is 4. The van der Waals surface area contributed by atoms with E-state index in [-0.39, 0.29) is 31.8 Å². The molecule has 2 aromatic rings. The predicted molar refractivity (Wildman–Crippen MR) is 120 cm³/mol. The summed E-state index contributed by atoms with van der Waals surface area (Å²) in [5.74, 6) is 0. The van der Waals surface area contributed by atoms with Gasteiger partial charge in [-0.2, -0.15) is 0 Å². The Labute approximate surface area is 187 Å². The second kappa shape index (κ2) is 13.5. The topological polar surface area (TPSA) is 118 Å². The first-order valence-electron chi connectivity index (χ1n) is 10.4. The van der Waals surface area contributed by atoms with Gasteiger partial charge in [0, 0.05) is 19.6 Å². The molecule has 0 aliphatic rings. The molecule has 0 spiro atoms. The third kappa shape index (κ3) is 10.3. The molecule has 0 saturated carbocycles. The van der Waals surface area contributed by atoms with E-state index in [1.165, 1.54) is 0 Å². The molecular formula is C23H30N4O5. The number of carbonyl (C=O) groups excluding carboxylic acids is 3. The van der Waals surface area contributed by atoms with Gasteiger partial charge in [-0.25, -0.2) is 14.4 Å². The summed E-state index contributed by atoms with van der Waals surface area (Å²) in [7, 11) is 0. The van der Waals surface area contributed by atoms with Crippen molar-refractivity contribution in [3.05, 3.63) is 71.3 Å². The molecule has 2 rings (SSSR count). The predicted octanol–water partition coefficient (Wildman–Crippen LogP) is 3.05. The average molecular weight is 443 g/mol. The van der Waals surface area contributed by atoms with Crippen LogP contribution in [-0.4, -0.2) is 37.5 Å². The van der Waals surface area contributed by atoms with E-state index in [9.17, 15) is 14.4 Å². The van der Waals surface area contributed by atoms with Gasteiger partial charge in [0.05, 0.1) is 12.6 Å². The maximum atomic E-state index is 11.8. The molecular weight excluding hydrogens is 412 g/mol. The minimum Gasteiger partial charge on any atom is -0.448 e. The second-order valence-electron chi connectivity index (χ2n) is 7.21. The molecule has 0 heterocycles. The van der Waals surface area contributed by atoms with E-state index in [0.29, 0.717) is 13.1 Å². The van der Waals surface area contributed by atoms with Gasteiger partial charge in [0.15, 0.2) is 0 Å². The van der Waals surface area contributed by atoms with Crippen molar-refractivity contribution >= 4 is 18.2 Å². The first kappa shape index (κ1) is 24.5. The molecule has 0 fully saturated rings. The molecule has 9 nitrogen and oxygen atoms in total. The number of ether oxygens (including phenoxy) is 2. The van der Waals surface area contributed by atoms with Crippen LogP contribution in [0.1, 0.15) is 30.5 Å². The summed E-state index contributed by atoms with van der Waals surface area (Å²) < 4.78 is 10.1. The molecule has 32 heavy (non-hydrogen) atoms. The number of hydrogen-bond acceptors (Lipinski definition) is 5. The zero-order valence-corrected chi connectivity index (χ0v) is 18.4. The summed E-state index contributed by atoms with van der Waals surface area (Å²) in [6, 6.07) is 16.6. The van der Waals surface area contributed by atoms with Crippen LogP contribution in [0, 0.1) is 0 Å². The van der Waals surface area contributed by atoms with E-state index in [1.807, 2.05) is 54.6 Å². The lowest BCUT2D eigenvalue weighted by Crippen LogP contribution is -2.37. The Balaban J connectivity index is 1.59. The zero-order chi connectivity index (χ0) is 23.2. The Kier molecular flexibility index (Phi) is 10.4. The summed E-state index contributed by atoms with van der Waals surface area (Å²) in [6.45, 7) is 4.81. The molecule has 2 aromatic carbocycles. The zero-order valence-electron chi connectivity index (χ0n) is 18.4. The van der Waals surface area contributed by atoms with Crippen LogP contribution in [0.25, 0.3) is 0 Å². The average Bonchev–Trinajstić information content (AvgIpc) is 2.78. The SMILES string of the molecule is CC(C)OC(=O)NCc1cccc(CNC(=O)OCCNC(=O)NCc2ccccc2)c1. The molecule has 4 N–H and O–H groups in total. The first-order chi connectivity index (χ1) is 15.4. The van der Waals surface area contributed by atoms with Crippen LogP contribution < -0.4 is 21.3 Å². The lowest BCUT2D eigenvalue weighted by Gasteiger charge is -2.11. The van der Waals surface area contributed by atoms with Gasteiger partial charge in [0.25, 0.3) is 0 Å². The molecule has 0 saturated heterocycles. The smallest absolute Gasteiger partial charge is 0.407 e. The fourth-order valence-electron chi connectivity index (χ4n) is 2.65. The quantitative estimate of drug-likeness (QED) is 0.422. The van der Waals surface area contributed by atoms with Gasteiger partial charge in [0.2, 0.25) is 0 Å². The Morgan fingerprint density at radius 3 is 2.00 bits per heavy atom. The number of nitrogens with one attached hydrogen (secondary N) is 4. The van der Waals surface area contributed by atoms with Gasteiger partial charge < -0.3 is 30.7 Å². The maximum Gasteiger partial charge on any atom is 0.407 e. The van der Waals surface area contributed by atoms with Gasteiger partial charge in [-0.1, -0.05) is 54.6 Å². The normalized spacial score (nSPS) is 10.2. The fraction of sp³-hybridized carbons (Fsp3) is 0.348. The van der Waals surface area contributed by atoms with Gasteiger partial charge in [-0.15, -0.1) is 0 Å². The number of alkyl carbamates (subject to hydrolysis) is 2. The number of amides is 4. The highest BCUT2D eigenvalue weighted by Gasteiger charge is 2.06. The summed E-state index contributed by atoms with van der Waals surface area (Å²) in [5.41, 5.74) is 2.73. The lowest BCUT2D eigenvalue weighted by atomic mass is 10.1. The van der Waals surface area contributed by atoms with Gasteiger partial charge in [-0.05, 0) is 30.5 Å². The van der Waals surface area contributed by atoms with Crippen LogP contribution in [0.2, 0.25) is 0 Å². The molecule has 4 amide bonds. The van der Waals surface area contributed by atoms with Crippen molar-refractivity contribution in [2.45, 2.75) is 39.6 Å². The van der Waals surface area contributed by atoms with Crippen molar-refractivity contribution in [2.75, 3.05) is 13.2 Å². The third-order valence-electron chi connectivity index (χ3n) is 4.12. The monoisotopic (exact) mass is 442 g/mol. The fourth-order valence-corrected chi connectivity index (χ4v) is 2.65. The summed E-state index contributed by atoms with van der Waals surface area (Å²) in [4.78, 5) is 35.1. The largest absolute Gasteiger partial charge is 0.448 e. The highest BCUT2D eigenvalue weighted by atomic mass is 16.6. The molecule has 0 bridgehead atoms. The van der Waals surface area contributed by atoms with Crippen LogP contribution in [0.4, 0.5) is 14.4 Å². The van der Waals surface area contributed by atoms with Crippen LogP contribution in [0.5, 0.6) is 0 Å². The van der Waals surface area contributed by atoms with Crippen molar-refractivity contribution in [3.8, 4) is 0 Å². The van der Waals surface area contributed by atoms with E-state index in [2.05, 4.69) is 21.3 Å². The number of carbonyl (C=O) groups is 3. The van der Waals surface area contributed by atoms with Crippen molar-refractivity contribution in [3.63, 3.8) is 0 Å². The Bertz CT molecular complexity index is 874. The van der Waals surface area contributed by atoms with E-state index in [1.54, 1.807) is 13.8 Å². The van der Waals surface area contributed by atoms with Gasteiger partial charge in [0.1, 0.15) is 6.61 Å². The molecule has 0 unspecified atom stereocenters. The molecule has 0 aromatic heterocycles. The molecule has 0 atom stereocenters. The van der Waals surface area contributed by atoms with E-state index < -0.39 is 12.2 Å². The number of urea groups is 1. The molecule has 0 aliphatic carbocycles. The van der Waals surface area contributed by atoms with Crippen LogP contribution in [-0.2, 0) is 29.1 Å². The van der Waals surface area contributed by atoms with Crippen LogP contribution >= 0.6 is 0 Å².